The number of nitrogens with one attached hydrogen (secondary N) is 1. The van der Waals surface area contributed by atoms with Crippen LogP contribution in [0.3, 0.4) is 0 Å². The number of hydrogen-bond donors (Lipinski definition) is 1. The maximum Gasteiger partial charge on any atom is 0.271 e. The van der Waals surface area contributed by atoms with E-state index in [-0.39, 0.29) is 11.9 Å². The Morgan fingerprint density at radius 3 is 2.80 bits per heavy atom. The van der Waals surface area contributed by atoms with Crippen LogP contribution < -0.4 is 5.32 Å². The Kier molecular flexibility index (Phi) is 4.34. The molecule has 15 heavy (non-hydrogen) atoms. The summed E-state index contributed by atoms with van der Waals surface area (Å²) in [6, 6.07) is 0.268. The quantitative estimate of drug-likeness (QED) is 0.802. The standard InChI is InChI=1S/C11H19N3O/c1-4-6-9(5-2)13-11(15)10-7-14(3)8-12-10/h7-9H,4-6H2,1-3H3,(H,13,15). The summed E-state index contributed by atoms with van der Waals surface area (Å²) in [6.07, 6.45) is 6.44. The normalized spacial score (nSPS) is 12.5. The van der Waals surface area contributed by atoms with Crippen molar-refractivity contribution in [2.45, 2.75) is 39.2 Å². The number of carbonyl (C=O) groups is 1. The van der Waals surface area contributed by atoms with Crippen LogP contribution in [0, 0.1) is 0 Å². The first-order valence-electron chi connectivity index (χ1n) is 5.46. The van der Waals surface area contributed by atoms with E-state index in [9.17, 15) is 4.79 Å². The molecule has 0 fully saturated rings. The van der Waals surface area contributed by atoms with Crippen molar-refractivity contribution < 1.29 is 4.79 Å². The van der Waals surface area contributed by atoms with Crippen LogP contribution in [0.5, 0.6) is 0 Å². The fraction of sp³-hybridized carbons (Fsp3) is 0.636. The first kappa shape index (κ1) is 11.8. The summed E-state index contributed by atoms with van der Waals surface area (Å²) >= 11 is 0. The van der Waals surface area contributed by atoms with Crippen LogP contribution in [0.1, 0.15) is 43.6 Å². The Balaban J connectivity index is 2.54. The van der Waals surface area contributed by atoms with Gasteiger partial charge in [-0.3, -0.25) is 4.79 Å². The molecular formula is C11H19N3O. The van der Waals surface area contributed by atoms with Crippen molar-refractivity contribution in [2.75, 3.05) is 0 Å². The molecule has 0 radical (unpaired) electrons. The molecule has 0 aliphatic heterocycles. The van der Waals surface area contributed by atoms with E-state index in [1.807, 2.05) is 7.05 Å². The van der Waals surface area contributed by atoms with Gasteiger partial charge >= 0.3 is 0 Å². The van der Waals surface area contributed by atoms with Gasteiger partial charge in [-0.1, -0.05) is 20.3 Å². The average Bonchev–Trinajstić information content (AvgIpc) is 2.64. The summed E-state index contributed by atoms with van der Waals surface area (Å²) in [5, 5.41) is 2.98. The van der Waals surface area contributed by atoms with Gasteiger partial charge in [-0.25, -0.2) is 4.98 Å². The Hall–Kier alpha value is -1.32. The van der Waals surface area contributed by atoms with Gasteiger partial charge in [-0.2, -0.15) is 0 Å². The van der Waals surface area contributed by atoms with Crippen molar-refractivity contribution in [1.82, 2.24) is 14.9 Å². The number of imidazole rings is 1. The zero-order chi connectivity index (χ0) is 11.3. The monoisotopic (exact) mass is 209 g/mol. The van der Waals surface area contributed by atoms with E-state index in [1.165, 1.54) is 0 Å². The molecule has 0 bridgehead atoms. The van der Waals surface area contributed by atoms with E-state index in [2.05, 4.69) is 24.1 Å². The van der Waals surface area contributed by atoms with Crippen molar-refractivity contribution in [2.24, 2.45) is 7.05 Å². The number of aromatic nitrogens is 2. The summed E-state index contributed by atoms with van der Waals surface area (Å²) in [5.74, 6) is -0.0732. The van der Waals surface area contributed by atoms with Gasteiger partial charge in [-0.05, 0) is 12.8 Å². The Bertz CT molecular complexity index is 319. The number of nitrogens with zero attached hydrogens (tertiary/aromatic N) is 2. The first-order chi connectivity index (χ1) is 7.17. The number of hydrogen-bond acceptors (Lipinski definition) is 2. The Morgan fingerprint density at radius 1 is 1.60 bits per heavy atom. The zero-order valence-corrected chi connectivity index (χ0v) is 9.66. The average molecular weight is 209 g/mol. The molecule has 1 rings (SSSR count). The number of rotatable bonds is 5. The summed E-state index contributed by atoms with van der Waals surface area (Å²) < 4.78 is 1.77. The molecule has 0 aromatic carbocycles. The lowest BCUT2D eigenvalue weighted by atomic mass is 10.1. The molecule has 4 nitrogen and oxygen atoms in total. The zero-order valence-electron chi connectivity index (χ0n) is 9.66. The fourth-order valence-corrected chi connectivity index (χ4v) is 1.52. The molecule has 0 spiro atoms. The molecule has 1 aromatic rings. The molecule has 1 atom stereocenters. The number of aryl methyl sites for hydroxylation is 1. The lowest BCUT2D eigenvalue weighted by molar-refractivity contribution is 0.0929. The fourth-order valence-electron chi connectivity index (χ4n) is 1.52. The second-order valence-corrected chi connectivity index (χ2v) is 3.79. The number of amides is 1. The molecule has 1 aromatic heterocycles. The summed E-state index contributed by atoms with van der Waals surface area (Å²) in [5.41, 5.74) is 0.493. The molecule has 0 aliphatic carbocycles. The van der Waals surface area contributed by atoms with Gasteiger partial charge in [0.1, 0.15) is 5.69 Å². The molecular weight excluding hydrogens is 190 g/mol. The van der Waals surface area contributed by atoms with Gasteiger partial charge in [0.25, 0.3) is 5.91 Å². The third-order valence-corrected chi connectivity index (χ3v) is 2.40. The van der Waals surface area contributed by atoms with E-state index >= 15 is 0 Å². The van der Waals surface area contributed by atoms with Gasteiger partial charge in [-0.15, -0.1) is 0 Å². The van der Waals surface area contributed by atoms with Crippen LogP contribution in [0.15, 0.2) is 12.5 Å². The van der Waals surface area contributed by atoms with Crippen LogP contribution >= 0.6 is 0 Å². The molecule has 1 N–H and O–H groups in total. The maximum atomic E-state index is 11.7. The molecule has 0 aliphatic rings. The lowest BCUT2D eigenvalue weighted by Crippen LogP contribution is -2.34. The van der Waals surface area contributed by atoms with Crippen molar-refractivity contribution >= 4 is 5.91 Å². The second kappa shape index (κ2) is 5.53. The molecule has 84 valence electrons. The SMILES string of the molecule is CCCC(CC)NC(=O)c1cn(C)cn1. The van der Waals surface area contributed by atoms with Crippen molar-refractivity contribution in [3.05, 3.63) is 18.2 Å². The topological polar surface area (TPSA) is 46.9 Å². The second-order valence-electron chi connectivity index (χ2n) is 3.79. The van der Waals surface area contributed by atoms with Crippen LogP contribution in [-0.2, 0) is 7.05 Å². The van der Waals surface area contributed by atoms with E-state index in [4.69, 9.17) is 0 Å². The predicted molar refractivity (Wildman–Crippen MR) is 59.7 cm³/mol. The minimum atomic E-state index is -0.0732. The third-order valence-electron chi connectivity index (χ3n) is 2.40. The van der Waals surface area contributed by atoms with Crippen molar-refractivity contribution in [3.8, 4) is 0 Å². The predicted octanol–water partition coefficient (Wildman–Crippen LogP) is 1.73. The highest BCUT2D eigenvalue weighted by molar-refractivity contribution is 5.92. The molecule has 1 unspecified atom stereocenters. The largest absolute Gasteiger partial charge is 0.348 e. The smallest absolute Gasteiger partial charge is 0.271 e. The summed E-state index contributed by atoms with van der Waals surface area (Å²) in [4.78, 5) is 15.7. The minimum absolute atomic E-state index is 0.0732. The van der Waals surface area contributed by atoms with Crippen molar-refractivity contribution in [1.29, 1.82) is 0 Å². The maximum absolute atomic E-state index is 11.7. The molecule has 4 heteroatoms. The molecule has 0 saturated heterocycles. The van der Waals surface area contributed by atoms with E-state index < -0.39 is 0 Å². The van der Waals surface area contributed by atoms with Crippen molar-refractivity contribution in [3.63, 3.8) is 0 Å². The highest BCUT2D eigenvalue weighted by Gasteiger charge is 2.12. The van der Waals surface area contributed by atoms with Gasteiger partial charge in [0.05, 0.1) is 6.33 Å². The molecule has 1 amide bonds. The summed E-state index contributed by atoms with van der Waals surface area (Å²) in [7, 11) is 1.85. The minimum Gasteiger partial charge on any atom is -0.348 e. The highest BCUT2D eigenvalue weighted by Crippen LogP contribution is 2.03. The Morgan fingerprint density at radius 2 is 2.33 bits per heavy atom. The Labute approximate surface area is 90.7 Å². The van der Waals surface area contributed by atoms with E-state index in [1.54, 1.807) is 17.1 Å². The van der Waals surface area contributed by atoms with Crippen LogP contribution in [-0.4, -0.2) is 21.5 Å². The number of carbonyl (C=O) groups excluding carboxylic acids is 1. The van der Waals surface area contributed by atoms with Gasteiger partial charge in [0, 0.05) is 19.3 Å². The van der Waals surface area contributed by atoms with Gasteiger partial charge < -0.3 is 9.88 Å². The molecule has 1 heterocycles. The van der Waals surface area contributed by atoms with E-state index in [0.29, 0.717) is 5.69 Å². The van der Waals surface area contributed by atoms with Gasteiger partial charge in [0.15, 0.2) is 0 Å². The van der Waals surface area contributed by atoms with Crippen LogP contribution in [0.25, 0.3) is 0 Å². The van der Waals surface area contributed by atoms with Crippen LogP contribution in [0.4, 0.5) is 0 Å². The summed E-state index contributed by atoms with van der Waals surface area (Å²) in [6.45, 7) is 4.20. The van der Waals surface area contributed by atoms with E-state index in [0.717, 1.165) is 19.3 Å². The van der Waals surface area contributed by atoms with Gasteiger partial charge in [0.2, 0.25) is 0 Å². The van der Waals surface area contributed by atoms with Crippen LogP contribution in [0.2, 0.25) is 0 Å². The lowest BCUT2D eigenvalue weighted by Gasteiger charge is -2.14. The highest BCUT2D eigenvalue weighted by atomic mass is 16.1. The molecule has 0 saturated carbocycles. The third kappa shape index (κ3) is 3.38. The first-order valence-corrected chi connectivity index (χ1v) is 5.46.